The van der Waals surface area contributed by atoms with Crippen LogP contribution in [0.15, 0.2) is 6.07 Å². The molecule has 1 fully saturated rings. The van der Waals surface area contributed by atoms with Crippen LogP contribution in [0.3, 0.4) is 0 Å². The maximum Gasteiger partial charge on any atom is 0.499 e. The van der Waals surface area contributed by atoms with Crippen molar-refractivity contribution in [2.75, 3.05) is 5.73 Å². The third-order valence-corrected chi connectivity index (χ3v) is 3.79. The number of nitrogen functional groups attached to an aromatic ring is 1. The Morgan fingerprint density at radius 2 is 1.78 bits per heavy atom. The average Bonchev–Trinajstić information content (AvgIpc) is 2.42. The lowest BCUT2D eigenvalue weighted by Gasteiger charge is -2.32. The highest BCUT2D eigenvalue weighted by Gasteiger charge is 2.52. The average molecular weight is 273 g/mol. The SMILES string of the molecule is CC1(C)OB(c2cc(Cl)c(N)nc2F)OC1(C)C. The summed E-state index contributed by atoms with van der Waals surface area (Å²) in [6, 6.07) is 1.39. The minimum absolute atomic E-state index is 0.0468. The molecule has 0 saturated carbocycles. The minimum Gasteiger partial charge on any atom is -0.399 e. The minimum atomic E-state index is -0.833. The predicted molar refractivity (Wildman–Crippen MR) is 69.3 cm³/mol. The number of anilines is 1. The largest absolute Gasteiger partial charge is 0.499 e. The first kappa shape index (κ1) is 13.6. The Morgan fingerprint density at radius 1 is 1.28 bits per heavy atom. The van der Waals surface area contributed by atoms with Crippen molar-refractivity contribution in [2.24, 2.45) is 0 Å². The Labute approximate surface area is 111 Å². The number of nitrogens with zero attached hydrogens (tertiary/aromatic N) is 1. The summed E-state index contributed by atoms with van der Waals surface area (Å²) in [6.07, 6.45) is 0. The van der Waals surface area contributed by atoms with Gasteiger partial charge in [-0.3, -0.25) is 0 Å². The number of nitrogens with two attached hydrogens (primary N) is 1. The molecule has 2 heterocycles. The molecule has 2 rings (SSSR count). The molecular formula is C11H15BClFN2O2. The molecule has 18 heavy (non-hydrogen) atoms. The standard InChI is InChI=1S/C11H15BClFN2O2/c1-10(2)11(3,4)18-12(17-10)6-5-7(13)9(15)16-8(6)14/h5H,1-4H3,(H2,15,16). The molecule has 1 aromatic heterocycles. The van der Waals surface area contributed by atoms with Crippen molar-refractivity contribution in [3.8, 4) is 0 Å². The third kappa shape index (κ3) is 2.09. The van der Waals surface area contributed by atoms with Crippen molar-refractivity contribution >= 4 is 30.0 Å². The maximum absolute atomic E-state index is 13.8. The summed E-state index contributed by atoms with van der Waals surface area (Å²) < 4.78 is 25.2. The number of halogens is 2. The number of aromatic nitrogens is 1. The first-order valence-electron chi connectivity index (χ1n) is 5.61. The van der Waals surface area contributed by atoms with E-state index in [0.717, 1.165) is 0 Å². The van der Waals surface area contributed by atoms with Gasteiger partial charge in [-0.25, -0.2) is 4.98 Å². The zero-order valence-corrected chi connectivity index (χ0v) is 11.5. The molecule has 1 aliphatic rings. The number of pyridine rings is 1. The van der Waals surface area contributed by atoms with E-state index in [4.69, 9.17) is 26.6 Å². The van der Waals surface area contributed by atoms with E-state index < -0.39 is 24.3 Å². The van der Waals surface area contributed by atoms with Gasteiger partial charge >= 0.3 is 7.12 Å². The number of hydrogen-bond donors (Lipinski definition) is 1. The molecule has 1 saturated heterocycles. The summed E-state index contributed by atoms with van der Waals surface area (Å²) in [5.41, 5.74) is 4.50. The number of hydrogen-bond acceptors (Lipinski definition) is 4. The van der Waals surface area contributed by atoms with E-state index in [9.17, 15) is 4.39 Å². The van der Waals surface area contributed by atoms with Crippen LogP contribution in [0.2, 0.25) is 5.02 Å². The highest BCUT2D eigenvalue weighted by Crippen LogP contribution is 2.36. The van der Waals surface area contributed by atoms with E-state index in [1.54, 1.807) is 0 Å². The summed E-state index contributed by atoms with van der Waals surface area (Å²) in [7, 11) is -0.833. The topological polar surface area (TPSA) is 57.4 Å². The lowest BCUT2D eigenvalue weighted by molar-refractivity contribution is 0.00578. The van der Waals surface area contributed by atoms with Gasteiger partial charge in [0.25, 0.3) is 0 Å². The van der Waals surface area contributed by atoms with Gasteiger partial charge in [-0.05, 0) is 33.8 Å². The van der Waals surface area contributed by atoms with Crippen LogP contribution in [-0.4, -0.2) is 23.3 Å². The van der Waals surface area contributed by atoms with Crippen LogP contribution in [0.5, 0.6) is 0 Å². The van der Waals surface area contributed by atoms with Gasteiger partial charge in [0.15, 0.2) is 0 Å². The van der Waals surface area contributed by atoms with Crippen LogP contribution in [0.4, 0.5) is 10.2 Å². The molecule has 0 atom stereocenters. The molecule has 0 aromatic carbocycles. The van der Waals surface area contributed by atoms with E-state index in [1.165, 1.54) is 6.07 Å². The van der Waals surface area contributed by atoms with Crippen LogP contribution < -0.4 is 11.2 Å². The molecule has 0 spiro atoms. The fourth-order valence-corrected chi connectivity index (χ4v) is 1.79. The molecule has 0 amide bonds. The zero-order valence-electron chi connectivity index (χ0n) is 10.8. The Morgan fingerprint density at radius 3 is 2.28 bits per heavy atom. The van der Waals surface area contributed by atoms with Gasteiger partial charge in [-0.15, -0.1) is 0 Å². The van der Waals surface area contributed by atoms with Crippen LogP contribution in [0.25, 0.3) is 0 Å². The van der Waals surface area contributed by atoms with E-state index in [-0.39, 0.29) is 16.3 Å². The lowest BCUT2D eigenvalue weighted by atomic mass is 9.80. The summed E-state index contributed by atoms with van der Waals surface area (Å²) in [5.74, 6) is -0.773. The molecule has 0 unspecified atom stereocenters. The van der Waals surface area contributed by atoms with Crippen LogP contribution in [-0.2, 0) is 9.31 Å². The van der Waals surface area contributed by atoms with Gasteiger partial charge in [0.05, 0.1) is 16.2 Å². The Kier molecular flexibility index (Phi) is 3.08. The van der Waals surface area contributed by atoms with E-state index in [1.807, 2.05) is 27.7 Å². The summed E-state index contributed by atoms with van der Waals surface area (Å²) >= 11 is 5.84. The second kappa shape index (κ2) is 4.08. The fourth-order valence-electron chi connectivity index (χ4n) is 1.63. The van der Waals surface area contributed by atoms with Gasteiger partial charge in [-0.2, -0.15) is 4.39 Å². The van der Waals surface area contributed by atoms with Crippen LogP contribution in [0, 0.1) is 5.95 Å². The van der Waals surface area contributed by atoms with Gasteiger partial charge in [-0.1, -0.05) is 11.6 Å². The zero-order chi connectivity index (χ0) is 13.7. The second-order valence-electron chi connectivity index (χ2n) is 5.32. The second-order valence-corrected chi connectivity index (χ2v) is 5.73. The first-order valence-corrected chi connectivity index (χ1v) is 5.99. The van der Waals surface area contributed by atoms with Crippen molar-refractivity contribution in [1.82, 2.24) is 4.98 Å². The quantitative estimate of drug-likeness (QED) is 0.625. The van der Waals surface area contributed by atoms with Crippen molar-refractivity contribution in [3.63, 3.8) is 0 Å². The molecular weight excluding hydrogens is 257 g/mol. The summed E-state index contributed by atoms with van der Waals surface area (Å²) in [6.45, 7) is 7.54. The molecule has 1 aromatic rings. The first-order chi connectivity index (χ1) is 8.14. The van der Waals surface area contributed by atoms with Gasteiger partial charge < -0.3 is 15.0 Å². The molecule has 98 valence electrons. The Balaban J connectivity index is 2.38. The molecule has 0 bridgehead atoms. The van der Waals surface area contributed by atoms with E-state index in [0.29, 0.717) is 0 Å². The Hall–Kier alpha value is -0.845. The molecule has 2 N–H and O–H groups in total. The maximum atomic E-state index is 13.8. The smallest absolute Gasteiger partial charge is 0.399 e. The monoisotopic (exact) mass is 272 g/mol. The molecule has 7 heteroatoms. The number of rotatable bonds is 1. The summed E-state index contributed by atoms with van der Waals surface area (Å²) in [4.78, 5) is 3.53. The molecule has 4 nitrogen and oxygen atoms in total. The predicted octanol–water partition coefficient (Wildman–Crippen LogP) is 1.76. The molecule has 0 radical (unpaired) electrons. The van der Waals surface area contributed by atoms with Gasteiger partial charge in [0, 0.05) is 5.46 Å². The van der Waals surface area contributed by atoms with Crippen molar-refractivity contribution in [3.05, 3.63) is 17.0 Å². The highest BCUT2D eigenvalue weighted by molar-refractivity contribution is 6.62. The van der Waals surface area contributed by atoms with Crippen molar-refractivity contribution < 1.29 is 13.7 Å². The molecule has 1 aliphatic heterocycles. The fraction of sp³-hybridized carbons (Fsp3) is 0.545. The molecule has 0 aliphatic carbocycles. The van der Waals surface area contributed by atoms with E-state index in [2.05, 4.69) is 4.98 Å². The van der Waals surface area contributed by atoms with E-state index >= 15 is 0 Å². The summed E-state index contributed by atoms with van der Waals surface area (Å²) in [5, 5.41) is 0.182. The van der Waals surface area contributed by atoms with Gasteiger partial charge in [0.1, 0.15) is 5.82 Å². The third-order valence-electron chi connectivity index (χ3n) is 3.49. The normalized spacial score (nSPS) is 21.3. The van der Waals surface area contributed by atoms with Crippen LogP contribution >= 0.6 is 11.6 Å². The van der Waals surface area contributed by atoms with Gasteiger partial charge in [0.2, 0.25) is 5.95 Å². The van der Waals surface area contributed by atoms with Crippen molar-refractivity contribution in [2.45, 2.75) is 38.9 Å². The van der Waals surface area contributed by atoms with Crippen molar-refractivity contribution in [1.29, 1.82) is 0 Å². The Bertz CT molecular complexity index is 480. The highest BCUT2D eigenvalue weighted by atomic mass is 35.5. The lowest BCUT2D eigenvalue weighted by Crippen LogP contribution is -2.41. The van der Waals surface area contributed by atoms with Crippen LogP contribution in [0.1, 0.15) is 27.7 Å².